The number of nitrogens with zero attached hydrogens (tertiary/aromatic N) is 2. The molecule has 0 N–H and O–H groups in total. The molecular weight excluding hydrogens is 901 g/mol. The summed E-state index contributed by atoms with van der Waals surface area (Å²) in [5.74, 6) is 0.415. The minimum atomic E-state index is -1.32. The zero-order valence-electron chi connectivity index (χ0n) is 36.9. The molecule has 0 bridgehead atoms. The van der Waals surface area contributed by atoms with Crippen molar-refractivity contribution in [1.29, 1.82) is 0 Å². The topological polar surface area (TPSA) is 20.9 Å². The van der Waals surface area contributed by atoms with E-state index in [0.29, 0.717) is 5.92 Å². The molecule has 0 saturated heterocycles. The molecule has 58 heavy (non-hydrogen) atoms. The molecule has 7 aromatic rings. The van der Waals surface area contributed by atoms with Gasteiger partial charge in [0.05, 0.1) is 37.4 Å². The van der Waals surface area contributed by atoms with Gasteiger partial charge in [-0.15, -0.1) is 35.4 Å². The molecule has 3 nitrogen and oxygen atoms in total. The summed E-state index contributed by atoms with van der Waals surface area (Å²) in [6, 6.07) is 32.9. The molecule has 1 atom stereocenters. The third kappa shape index (κ3) is 9.44. The maximum absolute atomic E-state index is 6.32. The predicted octanol–water partition coefficient (Wildman–Crippen LogP) is 13.1. The first-order chi connectivity index (χ1) is 26.5. The van der Waals surface area contributed by atoms with Crippen LogP contribution in [0.4, 0.5) is 0 Å². The number of furan rings is 1. The van der Waals surface area contributed by atoms with E-state index < -0.39 is 8.07 Å². The molecule has 0 aliphatic rings. The Kier molecular flexibility index (Phi) is 12.7. The largest absolute Gasteiger partial charge is 0.469 e. The summed E-state index contributed by atoms with van der Waals surface area (Å²) in [6.07, 6.45) is 4.24. The fourth-order valence-electron chi connectivity index (χ4n) is 7.49. The third-order valence-electron chi connectivity index (χ3n) is 11.5. The Hall–Kier alpha value is -4.67. The van der Waals surface area contributed by atoms with Crippen LogP contribution in [0.3, 0.4) is 0 Å². The van der Waals surface area contributed by atoms with Crippen LogP contribution in [0, 0.1) is 47.2 Å². The molecule has 0 saturated carbocycles. The van der Waals surface area contributed by atoms with E-state index in [2.05, 4.69) is 213 Å². The van der Waals surface area contributed by atoms with Gasteiger partial charge in [0.1, 0.15) is 5.58 Å². The fourth-order valence-corrected chi connectivity index (χ4v) is 8.61. The average Bonchev–Trinajstić information content (AvgIpc) is 3.46. The molecule has 0 aliphatic heterocycles. The van der Waals surface area contributed by atoms with E-state index in [0.717, 1.165) is 55.6 Å². The van der Waals surface area contributed by atoms with Crippen molar-refractivity contribution in [3.05, 3.63) is 165 Å². The molecule has 4 aromatic carbocycles. The number of pyridine rings is 2. The molecule has 0 fully saturated rings. The minimum absolute atomic E-state index is 0. The third-order valence-corrected chi connectivity index (χ3v) is 13.6. The van der Waals surface area contributed by atoms with Gasteiger partial charge in [-0.1, -0.05) is 144 Å². The monoisotopic (exact) mass is 963 g/mol. The summed E-state index contributed by atoms with van der Waals surface area (Å²) < 4.78 is 10.3. The average molecular weight is 963 g/mol. The molecule has 3 heterocycles. The normalized spacial score (nSPS) is 12.6. The summed E-state index contributed by atoms with van der Waals surface area (Å²) >= 11 is 0. The Morgan fingerprint density at radius 2 is 1.26 bits per heavy atom. The smallest absolute Gasteiger partial charge is 0.134 e. The molecule has 1 radical (unpaired) electrons. The van der Waals surface area contributed by atoms with Gasteiger partial charge in [0, 0.05) is 45.0 Å². The van der Waals surface area contributed by atoms with E-state index in [9.17, 15) is 0 Å². The molecule has 1 unspecified atom stereocenters. The standard InChI is InChI=1S/C33H34NO.C20H28NSi.Ir/c1-20-13-21(2)15-26(14-20)25-9-10-27-29-19-28(22(3)16-31(29)35-32(27)18-25)30-17-24(11-12-34(30)8)23(4)33(5,6)7;1-15-9-10-16(20(2,3)4)13-18(15)19-12-11-17(14-21(19)5)22(6,7)8;/h9-19,23H,3,8H2,1-2,4-7H3;9-14H,1,5H2,2-4,6-8H3;/q2*-1;. The maximum atomic E-state index is 6.32. The number of benzene rings is 4. The van der Waals surface area contributed by atoms with E-state index in [1.807, 2.05) is 9.13 Å². The van der Waals surface area contributed by atoms with Gasteiger partial charge in [0.2, 0.25) is 0 Å². The Labute approximate surface area is 363 Å². The van der Waals surface area contributed by atoms with Crippen molar-refractivity contribution in [2.45, 2.75) is 93.3 Å². The van der Waals surface area contributed by atoms with Crippen LogP contribution in [0.1, 0.15) is 87.8 Å². The zero-order chi connectivity index (χ0) is 41.8. The Morgan fingerprint density at radius 3 is 1.86 bits per heavy atom. The minimum Gasteiger partial charge on any atom is -0.469 e. The summed E-state index contributed by atoms with van der Waals surface area (Å²) in [6.45, 7) is 35.8. The molecule has 5 heteroatoms. The van der Waals surface area contributed by atoms with Crippen LogP contribution in [0.15, 0.2) is 108 Å². The van der Waals surface area contributed by atoms with Crippen molar-refractivity contribution in [3.63, 3.8) is 0 Å². The maximum Gasteiger partial charge on any atom is 0.134 e. The number of hydrogen-bond acceptors (Lipinski definition) is 1. The second kappa shape index (κ2) is 16.5. The molecule has 3 aromatic heterocycles. The Bertz CT molecular complexity index is 2590. The molecule has 0 spiro atoms. The number of rotatable bonds is 5. The Morgan fingerprint density at radius 1 is 0.621 bits per heavy atom. The first-order valence-electron chi connectivity index (χ1n) is 20.1. The van der Waals surface area contributed by atoms with E-state index in [1.165, 1.54) is 38.6 Å². The quantitative estimate of drug-likeness (QED) is 0.0957. The van der Waals surface area contributed by atoms with Crippen LogP contribution in [0.25, 0.3) is 55.6 Å². The second-order valence-electron chi connectivity index (χ2n) is 19.2. The van der Waals surface area contributed by atoms with Crippen LogP contribution >= 0.6 is 0 Å². The van der Waals surface area contributed by atoms with Crippen molar-refractivity contribution >= 4 is 35.2 Å². The van der Waals surface area contributed by atoms with Gasteiger partial charge in [-0.2, -0.15) is 31.0 Å². The molecule has 0 aliphatic carbocycles. The summed E-state index contributed by atoms with van der Waals surface area (Å²) in [5.41, 5.74) is 16.0. The van der Waals surface area contributed by atoms with E-state index >= 15 is 0 Å². The summed E-state index contributed by atoms with van der Waals surface area (Å²) in [4.78, 5) is 0. The second-order valence-corrected chi connectivity index (χ2v) is 24.3. The molecule has 7 rings (SSSR count). The number of aryl methyl sites for hydroxylation is 2. The first kappa shape index (κ1) is 44.4. The van der Waals surface area contributed by atoms with Gasteiger partial charge >= 0.3 is 0 Å². The molecular formula is C53H62IrN2OSi-2. The number of hydrogen-bond donors (Lipinski definition) is 0. The van der Waals surface area contributed by atoms with E-state index in [-0.39, 0.29) is 30.9 Å². The van der Waals surface area contributed by atoms with Gasteiger partial charge < -0.3 is 13.6 Å². The first-order valence-corrected chi connectivity index (χ1v) is 23.6. The van der Waals surface area contributed by atoms with Gasteiger partial charge in [-0.3, -0.25) is 0 Å². The number of fused-ring (bicyclic) bond motifs is 3. The van der Waals surface area contributed by atoms with E-state index in [1.54, 1.807) is 0 Å². The van der Waals surface area contributed by atoms with Crippen molar-refractivity contribution in [2.24, 2.45) is 5.41 Å². The van der Waals surface area contributed by atoms with Crippen molar-refractivity contribution in [3.8, 4) is 33.6 Å². The van der Waals surface area contributed by atoms with Crippen LogP contribution in [-0.4, -0.2) is 8.07 Å². The zero-order valence-corrected chi connectivity index (χ0v) is 40.3. The van der Waals surface area contributed by atoms with Crippen molar-refractivity contribution < 1.29 is 33.7 Å². The van der Waals surface area contributed by atoms with Crippen molar-refractivity contribution in [1.82, 2.24) is 0 Å². The van der Waals surface area contributed by atoms with Crippen LogP contribution in [0.2, 0.25) is 19.6 Å². The summed E-state index contributed by atoms with van der Waals surface area (Å²) in [5, 5.41) is 3.64. The SMILES string of the molecule is [CH2-]c1cc2oc3cc(-c4cc(C)cc(C)c4)ccc3c2cc1-c1cc(C(C)C(C)(C)C)cc[n+]1[CH2-].[CH2-]c1ccc(C(C)(C)C)cc1-c1ccc([Si](C)(C)C)c[n+]1[CH2-].[Ir]. The predicted molar refractivity (Wildman–Crippen MR) is 246 cm³/mol. The fraction of sp³-hybridized carbons (Fsp3) is 0.283. The van der Waals surface area contributed by atoms with Crippen LogP contribution < -0.4 is 14.3 Å². The van der Waals surface area contributed by atoms with E-state index in [4.69, 9.17) is 4.42 Å². The van der Waals surface area contributed by atoms with Gasteiger partial charge in [0.15, 0.2) is 0 Å². The summed E-state index contributed by atoms with van der Waals surface area (Å²) in [7, 11) is 7.15. The van der Waals surface area contributed by atoms with Gasteiger partial charge in [-0.25, -0.2) is 0 Å². The van der Waals surface area contributed by atoms with Gasteiger partial charge in [0.25, 0.3) is 0 Å². The van der Waals surface area contributed by atoms with Crippen molar-refractivity contribution in [2.75, 3.05) is 0 Å². The van der Waals surface area contributed by atoms with Gasteiger partial charge in [-0.05, 0) is 53.9 Å². The van der Waals surface area contributed by atoms with Crippen LogP contribution in [0.5, 0.6) is 0 Å². The van der Waals surface area contributed by atoms with Crippen LogP contribution in [-0.2, 0) is 25.5 Å². The number of aromatic nitrogens is 2. The molecule has 0 amide bonds. The molecule has 305 valence electrons. The Balaban J connectivity index is 0.000000241.